The summed E-state index contributed by atoms with van der Waals surface area (Å²) in [7, 11) is 0. The minimum Gasteiger partial charge on any atom is -0.451 e. The number of primary amides is 1. The summed E-state index contributed by atoms with van der Waals surface area (Å²) in [5, 5.41) is 3.45. The maximum absolute atomic E-state index is 11.7. The molecule has 0 atom stereocenters. The van der Waals surface area contributed by atoms with Crippen LogP contribution < -0.4 is 20.7 Å². The molecule has 8 nitrogen and oxygen atoms in total. The van der Waals surface area contributed by atoms with Crippen LogP contribution in [0.2, 0.25) is 0 Å². The molecule has 0 unspecified atom stereocenters. The van der Waals surface area contributed by atoms with E-state index in [-0.39, 0.29) is 0 Å². The third-order valence-electron chi connectivity index (χ3n) is 6.40. The Labute approximate surface area is 182 Å². The van der Waals surface area contributed by atoms with Crippen molar-refractivity contribution in [3.8, 4) is 11.5 Å². The quantitative estimate of drug-likeness (QED) is 0.688. The first-order valence-electron chi connectivity index (χ1n) is 10.9. The van der Waals surface area contributed by atoms with E-state index in [1.807, 2.05) is 6.07 Å². The molecule has 1 aromatic heterocycles. The van der Waals surface area contributed by atoms with Crippen molar-refractivity contribution in [1.82, 2.24) is 20.2 Å². The molecule has 0 bridgehead atoms. The summed E-state index contributed by atoms with van der Waals surface area (Å²) >= 11 is 0. The summed E-state index contributed by atoms with van der Waals surface area (Å²) < 4.78 is 6.06. The van der Waals surface area contributed by atoms with Gasteiger partial charge in [0.25, 0.3) is 5.91 Å². The van der Waals surface area contributed by atoms with Crippen LogP contribution in [0.4, 0.5) is 5.82 Å². The van der Waals surface area contributed by atoms with Gasteiger partial charge in [-0.3, -0.25) is 9.69 Å². The molecule has 1 saturated heterocycles. The summed E-state index contributed by atoms with van der Waals surface area (Å²) in [5.41, 5.74) is 8.83. The monoisotopic (exact) mass is 420 g/mol. The number of benzene rings is 1. The number of piperidine rings is 1. The van der Waals surface area contributed by atoms with Crippen LogP contribution in [0.1, 0.15) is 23.2 Å². The van der Waals surface area contributed by atoms with E-state index < -0.39 is 5.91 Å². The zero-order valence-corrected chi connectivity index (χ0v) is 17.6. The van der Waals surface area contributed by atoms with Crippen LogP contribution in [0.3, 0.4) is 0 Å². The molecular formula is C23H28N6O2. The van der Waals surface area contributed by atoms with Crippen LogP contribution in [0.25, 0.3) is 0 Å². The number of nitrogens with one attached hydrogen (secondary N) is 1. The normalized spacial score (nSPS) is 19.7. The molecular weight excluding hydrogens is 392 g/mol. The number of anilines is 1. The minimum absolute atomic E-state index is 0.341. The zero-order valence-electron chi connectivity index (χ0n) is 17.6. The van der Waals surface area contributed by atoms with Gasteiger partial charge in [0.05, 0.1) is 11.8 Å². The lowest BCUT2D eigenvalue weighted by Crippen LogP contribution is -2.37. The fourth-order valence-electron chi connectivity index (χ4n) is 4.87. The third-order valence-corrected chi connectivity index (χ3v) is 6.40. The topological polar surface area (TPSA) is 96.6 Å². The van der Waals surface area contributed by atoms with Gasteiger partial charge in [-0.1, -0.05) is 12.1 Å². The van der Waals surface area contributed by atoms with Crippen LogP contribution in [0.5, 0.6) is 11.5 Å². The van der Waals surface area contributed by atoms with E-state index in [0.29, 0.717) is 17.1 Å². The predicted octanol–water partition coefficient (Wildman–Crippen LogP) is 1.80. The Bertz CT molecular complexity index is 983. The molecule has 0 aliphatic carbocycles. The maximum atomic E-state index is 11.7. The van der Waals surface area contributed by atoms with E-state index in [1.165, 1.54) is 36.9 Å². The van der Waals surface area contributed by atoms with Crippen molar-refractivity contribution in [3.63, 3.8) is 0 Å². The molecule has 162 valence electrons. The second kappa shape index (κ2) is 8.64. The van der Waals surface area contributed by atoms with Gasteiger partial charge in [-0.15, -0.1) is 0 Å². The highest BCUT2D eigenvalue weighted by atomic mass is 16.5. The first-order chi connectivity index (χ1) is 15.2. The Hall–Kier alpha value is -2.97. The molecule has 8 heteroatoms. The van der Waals surface area contributed by atoms with E-state index >= 15 is 0 Å². The summed E-state index contributed by atoms with van der Waals surface area (Å²) in [6, 6.07) is 6.97. The van der Waals surface area contributed by atoms with Crippen molar-refractivity contribution in [3.05, 3.63) is 53.5 Å². The molecule has 3 N–H and O–H groups in total. The number of hydrogen-bond acceptors (Lipinski definition) is 7. The first-order valence-corrected chi connectivity index (χ1v) is 10.9. The summed E-state index contributed by atoms with van der Waals surface area (Å²) in [5.74, 6) is 1.98. The highest BCUT2D eigenvalue weighted by Gasteiger charge is 2.33. The molecule has 1 aromatic carbocycles. The Morgan fingerprint density at radius 3 is 2.58 bits per heavy atom. The number of amides is 1. The molecule has 31 heavy (non-hydrogen) atoms. The number of para-hydroxylation sites is 1. The molecule has 3 aliphatic heterocycles. The number of rotatable bonds is 6. The van der Waals surface area contributed by atoms with Gasteiger partial charge in [0.1, 0.15) is 12.1 Å². The lowest BCUT2D eigenvalue weighted by molar-refractivity contribution is 0.0998. The summed E-state index contributed by atoms with van der Waals surface area (Å²) in [6.45, 7) is 7.28. The van der Waals surface area contributed by atoms with Crippen LogP contribution in [0, 0.1) is 5.92 Å². The lowest BCUT2D eigenvalue weighted by atomic mass is 9.97. The SMILES string of the molecule is NC(=O)c1ccccc1Oc1cncnc1N1CC2=C(CN(CC3CCNCC3)C2)C1. The molecule has 0 saturated carbocycles. The molecule has 2 aromatic rings. The largest absolute Gasteiger partial charge is 0.451 e. The van der Waals surface area contributed by atoms with E-state index in [0.717, 1.165) is 51.0 Å². The third kappa shape index (κ3) is 4.26. The highest BCUT2D eigenvalue weighted by Crippen LogP contribution is 2.36. The van der Waals surface area contributed by atoms with Gasteiger partial charge in [-0.05, 0) is 55.1 Å². The molecule has 1 fully saturated rings. The van der Waals surface area contributed by atoms with Crippen LogP contribution in [0.15, 0.2) is 47.9 Å². The van der Waals surface area contributed by atoms with Crippen LogP contribution in [-0.2, 0) is 0 Å². The minimum atomic E-state index is -0.523. The highest BCUT2D eigenvalue weighted by molar-refractivity contribution is 5.95. The van der Waals surface area contributed by atoms with Gasteiger partial charge < -0.3 is 20.7 Å². The van der Waals surface area contributed by atoms with Crippen molar-refractivity contribution in [2.45, 2.75) is 12.8 Å². The lowest BCUT2D eigenvalue weighted by Gasteiger charge is -2.29. The van der Waals surface area contributed by atoms with E-state index in [9.17, 15) is 4.79 Å². The van der Waals surface area contributed by atoms with Crippen molar-refractivity contribution in [1.29, 1.82) is 0 Å². The van der Waals surface area contributed by atoms with Crippen molar-refractivity contribution < 1.29 is 9.53 Å². The molecule has 1 amide bonds. The Kier molecular flexibility index (Phi) is 5.57. The molecule has 0 radical (unpaired) electrons. The fourth-order valence-corrected chi connectivity index (χ4v) is 4.87. The molecule has 4 heterocycles. The van der Waals surface area contributed by atoms with Crippen molar-refractivity contribution in [2.24, 2.45) is 11.7 Å². The van der Waals surface area contributed by atoms with Gasteiger partial charge >= 0.3 is 0 Å². The first kappa shape index (κ1) is 20.0. The summed E-state index contributed by atoms with van der Waals surface area (Å²) in [6.07, 6.45) is 5.74. The second-order valence-electron chi connectivity index (χ2n) is 8.60. The molecule has 3 aliphatic rings. The van der Waals surface area contributed by atoms with E-state index in [2.05, 4.69) is 25.1 Å². The zero-order chi connectivity index (χ0) is 21.2. The van der Waals surface area contributed by atoms with Gasteiger partial charge in [-0.25, -0.2) is 9.97 Å². The maximum Gasteiger partial charge on any atom is 0.252 e. The molecule has 5 rings (SSSR count). The van der Waals surface area contributed by atoms with Crippen LogP contribution in [-0.4, -0.2) is 66.6 Å². The Morgan fingerprint density at radius 2 is 1.84 bits per heavy atom. The number of carbonyl (C=O) groups excluding carboxylic acids is 1. The second-order valence-corrected chi connectivity index (χ2v) is 8.60. The Balaban J connectivity index is 1.26. The number of nitrogens with two attached hydrogens (primary N) is 1. The average molecular weight is 421 g/mol. The van der Waals surface area contributed by atoms with Gasteiger partial charge in [0, 0.05) is 32.7 Å². The average Bonchev–Trinajstić information content (AvgIpc) is 3.34. The number of carbonyl (C=O) groups is 1. The standard InChI is InChI=1S/C23H28N6O2/c24-22(30)19-3-1-2-4-20(19)31-21-9-26-15-27-23(21)29-13-17-11-28(12-18(17)14-29)10-16-5-7-25-8-6-16/h1-4,9,15-16,25H,5-8,10-14H2,(H2,24,30). The number of ether oxygens (including phenoxy) is 1. The smallest absolute Gasteiger partial charge is 0.252 e. The van der Waals surface area contributed by atoms with Crippen LogP contribution >= 0.6 is 0 Å². The molecule has 0 spiro atoms. The predicted molar refractivity (Wildman–Crippen MR) is 118 cm³/mol. The Morgan fingerprint density at radius 1 is 1.10 bits per heavy atom. The van der Waals surface area contributed by atoms with E-state index in [1.54, 1.807) is 24.4 Å². The number of nitrogens with zero attached hydrogens (tertiary/aromatic N) is 4. The number of hydrogen-bond donors (Lipinski definition) is 2. The van der Waals surface area contributed by atoms with Gasteiger partial charge in [0.2, 0.25) is 0 Å². The van der Waals surface area contributed by atoms with Gasteiger partial charge in [0.15, 0.2) is 11.6 Å². The fraction of sp³-hybridized carbons (Fsp3) is 0.435. The summed E-state index contributed by atoms with van der Waals surface area (Å²) in [4.78, 5) is 25.2. The van der Waals surface area contributed by atoms with Gasteiger partial charge in [-0.2, -0.15) is 0 Å². The number of aromatic nitrogens is 2. The van der Waals surface area contributed by atoms with Crippen molar-refractivity contribution in [2.75, 3.05) is 50.7 Å². The van der Waals surface area contributed by atoms with Crippen molar-refractivity contribution >= 4 is 11.7 Å². The van der Waals surface area contributed by atoms with E-state index in [4.69, 9.17) is 10.5 Å².